The first kappa shape index (κ1) is 20.0. The van der Waals surface area contributed by atoms with Crippen LogP contribution < -0.4 is 16.0 Å². The maximum absolute atomic E-state index is 14.4. The number of nitrogens with one attached hydrogen (secondary N) is 1. The first-order valence-corrected chi connectivity index (χ1v) is 11.0. The van der Waals surface area contributed by atoms with E-state index in [1.54, 1.807) is 17.8 Å². The number of carbonyl (C=O) groups is 1. The van der Waals surface area contributed by atoms with Gasteiger partial charge in [-0.1, -0.05) is 0 Å². The third-order valence-corrected chi connectivity index (χ3v) is 6.71. The van der Waals surface area contributed by atoms with Gasteiger partial charge >= 0.3 is 6.09 Å². The van der Waals surface area contributed by atoms with Gasteiger partial charge in [-0.15, -0.1) is 0 Å². The van der Waals surface area contributed by atoms with E-state index in [1.165, 1.54) is 6.07 Å². The van der Waals surface area contributed by atoms with Gasteiger partial charge in [0.2, 0.25) is 0 Å². The molecule has 0 radical (unpaired) electrons. The summed E-state index contributed by atoms with van der Waals surface area (Å²) in [5.74, 6) is 1.38. The lowest BCUT2D eigenvalue weighted by atomic mass is 9.97. The average Bonchev–Trinajstić information content (AvgIpc) is 3.49. The summed E-state index contributed by atoms with van der Waals surface area (Å²) in [5.41, 5.74) is 4.90. The predicted octanol–water partition coefficient (Wildman–Crippen LogP) is 3.49. The third kappa shape index (κ3) is 5.20. The van der Waals surface area contributed by atoms with Gasteiger partial charge in [0.25, 0.3) is 5.56 Å². The minimum absolute atomic E-state index is 0.0402. The normalized spacial score (nSPS) is 21.8. The lowest BCUT2D eigenvalue weighted by Crippen LogP contribution is -2.28. The molecular formula is C20H24FN3O4S. The topological polar surface area (TPSA) is 107 Å². The molecular weight excluding hydrogens is 397 g/mol. The second kappa shape index (κ2) is 8.61. The number of benzene rings is 1. The minimum Gasteiger partial charge on any atom is -0.493 e. The molecule has 3 N–H and O–H groups in total. The number of hydrogen-bond acceptors (Lipinski definition) is 6. The number of aromatic nitrogens is 2. The third-order valence-electron chi connectivity index (χ3n) is 5.33. The highest BCUT2D eigenvalue weighted by Gasteiger charge is 2.24. The van der Waals surface area contributed by atoms with Gasteiger partial charge in [0, 0.05) is 17.4 Å². The van der Waals surface area contributed by atoms with Crippen molar-refractivity contribution in [3.05, 3.63) is 34.1 Å². The highest BCUT2D eigenvalue weighted by Crippen LogP contribution is 2.32. The van der Waals surface area contributed by atoms with E-state index in [4.69, 9.17) is 15.2 Å². The Hall–Kier alpha value is -2.29. The smallest absolute Gasteiger partial charge is 0.404 e. The fraction of sp³-hybridized carbons (Fsp3) is 0.550. The molecule has 2 aromatic rings. The van der Waals surface area contributed by atoms with Gasteiger partial charge in [-0.25, -0.2) is 14.2 Å². The Labute approximate surface area is 171 Å². The number of nitrogens with two attached hydrogens (primary N) is 1. The molecule has 156 valence electrons. The molecule has 29 heavy (non-hydrogen) atoms. The van der Waals surface area contributed by atoms with Crippen molar-refractivity contribution in [2.45, 2.75) is 55.6 Å². The number of thioether (sulfide) groups is 1. The van der Waals surface area contributed by atoms with Gasteiger partial charge in [0.15, 0.2) is 0 Å². The van der Waals surface area contributed by atoms with Crippen LogP contribution in [0.5, 0.6) is 5.75 Å². The largest absolute Gasteiger partial charge is 0.493 e. The van der Waals surface area contributed by atoms with Crippen molar-refractivity contribution < 1.29 is 18.7 Å². The van der Waals surface area contributed by atoms with Crippen molar-refractivity contribution in [3.8, 4) is 5.75 Å². The number of ether oxygens (including phenoxy) is 2. The molecule has 2 fully saturated rings. The minimum atomic E-state index is -0.730. The van der Waals surface area contributed by atoms with Crippen molar-refractivity contribution in [3.63, 3.8) is 0 Å². The lowest BCUT2D eigenvalue weighted by Gasteiger charge is -2.27. The van der Waals surface area contributed by atoms with Crippen molar-refractivity contribution in [2.75, 3.05) is 6.61 Å². The molecule has 0 aliphatic heterocycles. The quantitative estimate of drug-likeness (QED) is 0.709. The number of nitrogens with zero attached hydrogens (tertiary/aromatic N) is 1. The van der Waals surface area contributed by atoms with Crippen LogP contribution in [0.1, 0.15) is 44.3 Å². The van der Waals surface area contributed by atoms with E-state index in [2.05, 4.69) is 9.97 Å². The van der Waals surface area contributed by atoms with E-state index in [1.807, 2.05) is 0 Å². The molecule has 1 heterocycles. The summed E-state index contributed by atoms with van der Waals surface area (Å²) >= 11 is 1.69. The van der Waals surface area contributed by atoms with E-state index in [9.17, 15) is 14.0 Å². The Morgan fingerprint density at radius 2 is 2.00 bits per heavy atom. The highest BCUT2D eigenvalue weighted by molar-refractivity contribution is 7.99. The maximum Gasteiger partial charge on any atom is 0.404 e. The summed E-state index contributed by atoms with van der Waals surface area (Å²) in [6.45, 7) is 0.568. The van der Waals surface area contributed by atoms with E-state index in [-0.39, 0.29) is 11.5 Å². The van der Waals surface area contributed by atoms with Gasteiger partial charge in [0.1, 0.15) is 28.9 Å². The van der Waals surface area contributed by atoms with Crippen LogP contribution in [-0.2, 0) is 10.5 Å². The summed E-state index contributed by atoms with van der Waals surface area (Å²) in [5, 5.41) is 0.343. The Morgan fingerprint density at radius 3 is 2.69 bits per heavy atom. The summed E-state index contributed by atoms with van der Waals surface area (Å²) in [6, 6.07) is 2.89. The number of halogens is 1. The Kier molecular flexibility index (Phi) is 5.94. The number of carbonyl (C=O) groups excluding carboxylic acids is 1. The molecule has 1 amide bonds. The Morgan fingerprint density at radius 1 is 1.24 bits per heavy atom. The van der Waals surface area contributed by atoms with Gasteiger partial charge in [-0.2, -0.15) is 11.8 Å². The molecule has 7 nitrogen and oxygen atoms in total. The number of H-pyrrole nitrogens is 1. The number of amides is 1. The molecule has 0 unspecified atom stereocenters. The van der Waals surface area contributed by atoms with Crippen molar-refractivity contribution in [2.24, 2.45) is 11.7 Å². The van der Waals surface area contributed by atoms with Gasteiger partial charge in [-0.05, 0) is 44.4 Å². The second-order valence-corrected chi connectivity index (χ2v) is 9.00. The SMILES string of the molecule is NC(=O)O[C@H]1CC[C@@H](SCc2nc3cc(OCC4CC4)cc(F)c3c(=O)[nH]2)CC1. The van der Waals surface area contributed by atoms with Crippen molar-refractivity contribution in [1.29, 1.82) is 0 Å². The maximum atomic E-state index is 14.4. The van der Waals surface area contributed by atoms with Crippen LogP contribution in [-0.4, -0.2) is 34.0 Å². The van der Waals surface area contributed by atoms with E-state index in [0.717, 1.165) is 38.5 Å². The molecule has 2 aliphatic carbocycles. The van der Waals surface area contributed by atoms with Crippen LogP contribution in [0.2, 0.25) is 0 Å². The monoisotopic (exact) mass is 421 g/mol. The van der Waals surface area contributed by atoms with E-state index >= 15 is 0 Å². The molecule has 2 saturated carbocycles. The van der Waals surface area contributed by atoms with Crippen molar-refractivity contribution >= 4 is 28.8 Å². The first-order chi connectivity index (χ1) is 14.0. The molecule has 1 aromatic heterocycles. The van der Waals surface area contributed by atoms with Crippen molar-refractivity contribution in [1.82, 2.24) is 9.97 Å². The zero-order valence-corrected chi connectivity index (χ0v) is 16.8. The van der Waals surface area contributed by atoms with Crippen LogP contribution in [0.25, 0.3) is 10.9 Å². The first-order valence-electron chi connectivity index (χ1n) is 9.91. The molecule has 0 spiro atoms. The summed E-state index contributed by atoms with van der Waals surface area (Å²) < 4.78 is 25.1. The number of hydrogen-bond donors (Lipinski definition) is 2. The molecule has 0 bridgehead atoms. The molecule has 0 saturated heterocycles. The van der Waals surface area contributed by atoms with Gasteiger partial charge in [0.05, 0.1) is 17.9 Å². The standard InChI is InChI=1S/C20H24FN3O4S/c21-15-7-13(27-9-11-1-2-11)8-16-18(15)19(25)24-17(23-16)10-29-14-5-3-12(4-6-14)28-20(22)26/h7-8,11-12,14H,1-6,9-10H2,(H2,22,26)(H,23,24,25)/t12-,14+. The number of aromatic amines is 1. The highest BCUT2D eigenvalue weighted by atomic mass is 32.2. The molecule has 4 rings (SSSR count). The lowest BCUT2D eigenvalue weighted by molar-refractivity contribution is 0.0839. The van der Waals surface area contributed by atoms with Crippen LogP contribution in [0.4, 0.5) is 9.18 Å². The molecule has 1 aromatic carbocycles. The fourth-order valence-electron chi connectivity index (χ4n) is 3.58. The van der Waals surface area contributed by atoms with Crippen LogP contribution in [0.3, 0.4) is 0 Å². The van der Waals surface area contributed by atoms with Crippen LogP contribution >= 0.6 is 11.8 Å². The fourth-order valence-corrected chi connectivity index (χ4v) is 4.71. The van der Waals surface area contributed by atoms with Crippen LogP contribution in [0, 0.1) is 11.7 Å². The molecule has 0 atom stereocenters. The molecule has 9 heteroatoms. The van der Waals surface area contributed by atoms with Gasteiger partial charge in [-0.3, -0.25) is 4.79 Å². The predicted molar refractivity (Wildman–Crippen MR) is 109 cm³/mol. The zero-order chi connectivity index (χ0) is 20.4. The second-order valence-electron chi connectivity index (χ2n) is 7.71. The summed E-state index contributed by atoms with van der Waals surface area (Å²) in [6.07, 6.45) is 4.79. The molecule has 2 aliphatic rings. The Balaban J connectivity index is 1.41. The number of rotatable bonds is 7. The van der Waals surface area contributed by atoms with Gasteiger partial charge < -0.3 is 20.2 Å². The van der Waals surface area contributed by atoms with E-state index in [0.29, 0.717) is 40.6 Å². The summed E-state index contributed by atoms with van der Waals surface area (Å²) in [7, 11) is 0. The van der Waals surface area contributed by atoms with E-state index < -0.39 is 17.5 Å². The average molecular weight is 421 g/mol. The number of fused-ring (bicyclic) bond motifs is 1. The zero-order valence-electron chi connectivity index (χ0n) is 16.0. The number of primary amides is 1. The summed E-state index contributed by atoms with van der Waals surface area (Å²) in [4.78, 5) is 30.3. The van der Waals surface area contributed by atoms with Crippen LogP contribution in [0.15, 0.2) is 16.9 Å². The Bertz CT molecular complexity index is 955.